The van der Waals surface area contributed by atoms with Crippen molar-refractivity contribution in [2.45, 2.75) is 18.9 Å². The summed E-state index contributed by atoms with van der Waals surface area (Å²) in [5.74, 6) is -0.754. The number of carboxylic acids is 1. The van der Waals surface area contributed by atoms with Crippen molar-refractivity contribution < 1.29 is 14.7 Å². The summed E-state index contributed by atoms with van der Waals surface area (Å²) < 4.78 is 0. The molecule has 6 heteroatoms. The van der Waals surface area contributed by atoms with E-state index in [9.17, 15) is 14.7 Å². The summed E-state index contributed by atoms with van der Waals surface area (Å²) in [6.07, 6.45) is 4.29. The van der Waals surface area contributed by atoms with Crippen LogP contribution in [0.15, 0.2) is 48.8 Å². The third-order valence-corrected chi connectivity index (χ3v) is 4.78. The molecule has 1 saturated heterocycles. The van der Waals surface area contributed by atoms with Crippen molar-refractivity contribution in [1.29, 1.82) is 0 Å². The van der Waals surface area contributed by atoms with Gasteiger partial charge in [0.2, 0.25) is 5.91 Å². The minimum absolute atomic E-state index is 0.0803. The fourth-order valence-corrected chi connectivity index (χ4v) is 3.48. The second-order valence-corrected chi connectivity index (χ2v) is 6.75. The van der Waals surface area contributed by atoms with Gasteiger partial charge in [0.25, 0.3) is 0 Å². The Balaban J connectivity index is 1.58. The lowest BCUT2D eigenvalue weighted by Gasteiger charge is -2.22. The van der Waals surface area contributed by atoms with E-state index < -0.39 is 5.97 Å². The first-order chi connectivity index (χ1) is 12.5. The smallest absolute Gasteiger partial charge is 0.335 e. The number of likely N-dealkylation sites (tertiary alicyclic amines) is 1. The maximum absolute atomic E-state index is 12.6. The lowest BCUT2D eigenvalue weighted by atomic mass is 9.93. The van der Waals surface area contributed by atoms with Gasteiger partial charge in [-0.3, -0.25) is 14.7 Å². The number of carboxylic acid groups (broad SMARTS) is 1. The molecule has 1 aliphatic heterocycles. The molecular formula is C20H23N3O3. The van der Waals surface area contributed by atoms with Crippen LogP contribution >= 0.6 is 0 Å². The molecule has 1 atom stereocenters. The predicted molar refractivity (Wildman–Crippen MR) is 97.9 cm³/mol. The molecule has 1 N–H and O–H groups in total. The van der Waals surface area contributed by atoms with Gasteiger partial charge in [0, 0.05) is 37.9 Å². The van der Waals surface area contributed by atoms with Gasteiger partial charge in [-0.2, -0.15) is 0 Å². The first kappa shape index (κ1) is 18.1. The van der Waals surface area contributed by atoms with E-state index in [4.69, 9.17) is 0 Å². The van der Waals surface area contributed by atoms with Crippen LogP contribution < -0.4 is 0 Å². The second kappa shape index (κ2) is 8.10. The van der Waals surface area contributed by atoms with Gasteiger partial charge in [-0.25, -0.2) is 4.79 Å². The zero-order chi connectivity index (χ0) is 18.5. The van der Waals surface area contributed by atoms with E-state index in [0.29, 0.717) is 31.7 Å². The molecule has 1 unspecified atom stereocenters. The fourth-order valence-electron chi connectivity index (χ4n) is 3.48. The quantitative estimate of drug-likeness (QED) is 0.862. The van der Waals surface area contributed by atoms with Crippen molar-refractivity contribution in [2.75, 3.05) is 26.7 Å². The molecule has 0 bridgehead atoms. The van der Waals surface area contributed by atoms with Crippen LogP contribution in [0.5, 0.6) is 0 Å². The molecular weight excluding hydrogens is 330 g/mol. The van der Waals surface area contributed by atoms with E-state index in [1.807, 2.05) is 41.1 Å². The number of likely N-dealkylation sites (N-methyl/N-ethyl adjacent to an activating group) is 1. The van der Waals surface area contributed by atoms with Gasteiger partial charge in [-0.1, -0.05) is 18.2 Å². The Bertz CT molecular complexity index is 779. The molecule has 1 aromatic heterocycles. The van der Waals surface area contributed by atoms with Crippen molar-refractivity contribution in [1.82, 2.24) is 14.8 Å². The van der Waals surface area contributed by atoms with Crippen molar-refractivity contribution in [2.24, 2.45) is 0 Å². The van der Waals surface area contributed by atoms with Gasteiger partial charge in [0.05, 0.1) is 12.1 Å². The molecule has 0 radical (unpaired) electrons. The number of pyridine rings is 1. The summed E-state index contributed by atoms with van der Waals surface area (Å²) in [6, 6.07) is 11.0. The van der Waals surface area contributed by atoms with Crippen LogP contribution in [0.2, 0.25) is 0 Å². The zero-order valence-corrected chi connectivity index (χ0v) is 14.8. The first-order valence-electron chi connectivity index (χ1n) is 8.72. The summed E-state index contributed by atoms with van der Waals surface area (Å²) in [7, 11) is 1.92. The summed E-state index contributed by atoms with van der Waals surface area (Å²) in [5.41, 5.74) is 2.27. The molecule has 136 valence electrons. The second-order valence-electron chi connectivity index (χ2n) is 6.75. The van der Waals surface area contributed by atoms with E-state index in [1.165, 1.54) is 0 Å². The molecule has 1 aliphatic rings. The minimum atomic E-state index is -0.914. The topological polar surface area (TPSA) is 73.7 Å². The van der Waals surface area contributed by atoms with Crippen molar-refractivity contribution >= 4 is 11.9 Å². The highest BCUT2D eigenvalue weighted by molar-refractivity contribution is 5.89. The molecule has 0 spiro atoms. The monoisotopic (exact) mass is 353 g/mol. The summed E-state index contributed by atoms with van der Waals surface area (Å²) >= 11 is 0. The first-order valence-corrected chi connectivity index (χ1v) is 8.72. The van der Waals surface area contributed by atoms with Gasteiger partial charge in [0.15, 0.2) is 0 Å². The average Bonchev–Trinajstić information content (AvgIpc) is 3.12. The molecule has 1 fully saturated rings. The van der Waals surface area contributed by atoms with Crippen molar-refractivity contribution in [3.05, 3.63) is 65.5 Å². The van der Waals surface area contributed by atoms with Gasteiger partial charge < -0.3 is 10.0 Å². The van der Waals surface area contributed by atoms with Crippen LogP contribution in [0.4, 0.5) is 0 Å². The van der Waals surface area contributed by atoms with Crippen molar-refractivity contribution in [3.63, 3.8) is 0 Å². The van der Waals surface area contributed by atoms with Crippen LogP contribution in [0.3, 0.4) is 0 Å². The van der Waals surface area contributed by atoms with Gasteiger partial charge in [-0.05, 0) is 42.8 Å². The van der Waals surface area contributed by atoms with Gasteiger partial charge in [0.1, 0.15) is 0 Å². The Labute approximate surface area is 153 Å². The molecule has 1 aromatic carbocycles. The van der Waals surface area contributed by atoms with Gasteiger partial charge in [-0.15, -0.1) is 0 Å². The predicted octanol–water partition coefficient (Wildman–Crippen LogP) is 2.23. The highest BCUT2D eigenvalue weighted by atomic mass is 16.4. The lowest BCUT2D eigenvalue weighted by molar-refractivity contribution is -0.131. The normalized spacial score (nSPS) is 16.8. The number of carbonyl (C=O) groups excluding carboxylic acids is 1. The number of nitrogens with zero attached hydrogens (tertiary/aromatic N) is 3. The largest absolute Gasteiger partial charge is 0.478 e. The standard InChI is InChI=1S/C20H23N3O3/c1-22(12-15-6-9-21-10-7-15)14-19(24)23-11-8-16(13-23)17-4-2-3-5-18(17)20(25)26/h2-7,9-10,16H,8,11-14H2,1H3,(H,25,26). The van der Waals surface area contributed by atoms with Crippen LogP contribution in [-0.4, -0.2) is 58.4 Å². The van der Waals surface area contributed by atoms with Crippen LogP contribution in [-0.2, 0) is 11.3 Å². The SMILES string of the molecule is CN(CC(=O)N1CCC(c2ccccc2C(=O)O)C1)Cc1ccncc1. The Kier molecular flexibility index (Phi) is 5.63. The minimum Gasteiger partial charge on any atom is -0.478 e. The highest BCUT2D eigenvalue weighted by Gasteiger charge is 2.29. The van der Waals surface area contributed by atoms with Crippen LogP contribution in [0.25, 0.3) is 0 Å². The maximum Gasteiger partial charge on any atom is 0.335 e. The third-order valence-electron chi connectivity index (χ3n) is 4.78. The average molecular weight is 353 g/mol. The number of hydrogen-bond acceptors (Lipinski definition) is 4. The molecule has 0 aliphatic carbocycles. The van der Waals surface area contributed by atoms with Crippen LogP contribution in [0.1, 0.15) is 33.8 Å². The molecule has 0 saturated carbocycles. The number of amides is 1. The van der Waals surface area contributed by atoms with Crippen LogP contribution in [0, 0.1) is 0 Å². The van der Waals surface area contributed by atoms with E-state index in [1.54, 1.807) is 24.5 Å². The number of benzene rings is 1. The molecule has 2 heterocycles. The third kappa shape index (κ3) is 4.26. The summed E-state index contributed by atoms with van der Waals surface area (Å²) in [5, 5.41) is 9.37. The molecule has 26 heavy (non-hydrogen) atoms. The van der Waals surface area contributed by atoms with E-state index in [0.717, 1.165) is 17.5 Å². The lowest BCUT2D eigenvalue weighted by Crippen LogP contribution is -2.37. The number of carbonyl (C=O) groups is 2. The number of hydrogen-bond donors (Lipinski definition) is 1. The Morgan fingerprint density at radius 3 is 2.69 bits per heavy atom. The number of aromatic nitrogens is 1. The fraction of sp³-hybridized carbons (Fsp3) is 0.350. The van der Waals surface area contributed by atoms with Crippen molar-refractivity contribution in [3.8, 4) is 0 Å². The number of rotatable bonds is 6. The molecule has 1 amide bonds. The van der Waals surface area contributed by atoms with Gasteiger partial charge >= 0.3 is 5.97 Å². The Morgan fingerprint density at radius 1 is 1.23 bits per heavy atom. The summed E-state index contributed by atoms with van der Waals surface area (Å²) in [6.45, 7) is 2.27. The van der Waals surface area contributed by atoms with E-state index in [2.05, 4.69) is 4.98 Å². The highest BCUT2D eigenvalue weighted by Crippen LogP contribution is 2.29. The molecule has 2 aromatic rings. The summed E-state index contributed by atoms with van der Waals surface area (Å²) in [4.78, 5) is 31.8. The molecule has 3 rings (SSSR count). The zero-order valence-electron chi connectivity index (χ0n) is 14.8. The number of aromatic carboxylic acids is 1. The molecule has 6 nitrogen and oxygen atoms in total. The van der Waals surface area contributed by atoms with E-state index >= 15 is 0 Å². The Hall–Kier alpha value is -2.73. The Morgan fingerprint density at radius 2 is 1.96 bits per heavy atom. The van der Waals surface area contributed by atoms with E-state index in [-0.39, 0.29) is 11.8 Å². The maximum atomic E-state index is 12.6.